The largest absolute Gasteiger partial charge is 0.287 e. The van der Waals surface area contributed by atoms with Crippen molar-refractivity contribution in [2.45, 2.75) is 13.5 Å². The molecule has 6 aromatic carbocycles. The lowest BCUT2D eigenvalue weighted by atomic mass is 9.12. The highest BCUT2D eigenvalue weighted by atomic mass is 19.2. The third-order valence-corrected chi connectivity index (χ3v) is 10.4. The first-order valence-electron chi connectivity index (χ1n) is 18.2. The Morgan fingerprint density at radius 1 is 0.433 bits per heavy atom. The molecule has 24 heteroatoms. The summed E-state index contributed by atoms with van der Waals surface area (Å²) in [6.07, 6.45) is -1.85. The third kappa shape index (κ3) is 7.90. The van der Waals surface area contributed by atoms with Crippen molar-refractivity contribution in [2.75, 3.05) is 0 Å². The number of hydrogen-bond acceptors (Lipinski definition) is 2. The zero-order valence-corrected chi connectivity index (χ0v) is 32.6. The van der Waals surface area contributed by atoms with E-state index < -0.39 is 144 Å². The Morgan fingerprint density at radius 2 is 0.731 bits per heavy atom. The molecule has 0 aliphatic heterocycles. The SMILES string of the molecule is Cc1ccccc1-c1cncc[n+]1CC(=O)c1ccccc1.Fc1c(F)c(F)c([B-](c2c(F)c(F)c(F)c(F)c2F)(c2c(F)c(F)c(F)c(F)c2F)c2c(F)c(F)c(F)c(F)c2F)c(F)c1F. The fourth-order valence-corrected chi connectivity index (χ4v) is 7.35. The Hall–Kier alpha value is -7.27. The second kappa shape index (κ2) is 18.5. The number of halogens is 20. The highest BCUT2D eigenvalue weighted by molar-refractivity contribution is 7.20. The summed E-state index contributed by atoms with van der Waals surface area (Å²) in [6.45, 7) is 2.36. The molecule has 0 saturated carbocycles. The topological polar surface area (TPSA) is 33.8 Å². The predicted molar refractivity (Wildman–Crippen MR) is 195 cm³/mol. The van der Waals surface area contributed by atoms with Gasteiger partial charge in [-0.15, -0.1) is 21.9 Å². The lowest BCUT2D eigenvalue weighted by molar-refractivity contribution is -0.672. The van der Waals surface area contributed by atoms with E-state index in [0.29, 0.717) is 6.54 Å². The Labute approximate surface area is 361 Å². The maximum atomic E-state index is 15.4. The van der Waals surface area contributed by atoms with Crippen LogP contribution in [-0.4, -0.2) is 16.9 Å². The quantitative estimate of drug-likeness (QED) is 0.0381. The Balaban J connectivity index is 0.000000279. The number of Topliss-reactive ketones (excluding diaryl/α,β-unsaturated/α-hetero) is 1. The number of rotatable bonds is 8. The van der Waals surface area contributed by atoms with Gasteiger partial charge in [0, 0.05) is 5.56 Å². The number of benzene rings is 6. The molecule has 0 bridgehead atoms. The van der Waals surface area contributed by atoms with Gasteiger partial charge in [-0.05, 0) is 18.6 Å². The Morgan fingerprint density at radius 3 is 1.06 bits per heavy atom. The van der Waals surface area contributed by atoms with Crippen molar-refractivity contribution < 1.29 is 97.2 Å². The highest BCUT2D eigenvalue weighted by Crippen LogP contribution is 2.31. The second-order valence-electron chi connectivity index (χ2n) is 14.0. The molecule has 1 aromatic heterocycles. The van der Waals surface area contributed by atoms with Gasteiger partial charge in [-0.3, -0.25) is 9.78 Å². The van der Waals surface area contributed by atoms with E-state index in [1.165, 1.54) is 0 Å². The summed E-state index contributed by atoms with van der Waals surface area (Å²) >= 11 is 0. The molecule has 0 unspecified atom stereocenters. The summed E-state index contributed by atoms with van der Waals surface area (Å²) in [5.41, 5.74) is -10.4. The summed E-state index contributed by atoms with van der Waals surface area (Å²) in [5.74, 6) is -71.3. The van der Waals surface area contributed by atoms with Crippen LogP contribution in [-0.2, 0) is 6.54 Å². The van der Waals surface area contributed by atoms with Gasteiger partial charge in [-0.25, -0.2) is 87.8 Å². The number of aromatic nitrogens is 2. The van der Waals surface area contributed by atoms with E-state index in [4.69, 9.17) is 0 Å². The van der Waals surface area contributed by atoms with Gasteiger partial charge in [0.1, 0.15) is 52.7 Å². The van der Waals surface area contributed by atoms with Crippen molar-refractivity contribution in [3.8, 4) is 11.3 Å². The molecule has 0 spiro atoms. The molecule has 0 amide bonds. The minimum atomic E-state index is -7.22. The van der Waals surface area contributed by atoms with Crippen LogP contribution in [0.3, 0.4) is 0 Å². The number of carbonyl (C=O) groups is 1. The fraction of sp³-hybridized carbons (Fsp3) is 0.0465. The number of ketones is 1. The molecule has 67 heavy (non-hydrogen) atoms. The summed E-state index contributed by atoms with van der Waals surface area (Å²) in [4.78, 5) is 16.7. The second-order valence-corrected chi connectivity index (χ2v) is 14.0. The van der Waals surface area contributed by atoms with Crippen molar-refractivity contribution in [2.24, 2.45) is 0 Å². The molecule has 0 atom stereocenters. The standard InChI is InChI=1S/C24BF20.C19H17N2O/c26-5-1(6(27)14(35)21(42)13(5)34)25(2-7(28)15(36)22(43)16(37)8(2)29,3-9(30)17(38)23(44)18(39)10(3)31)4-11(32)19(40)24(45)20(41)12(4)33;1-15-7-5-6-10-17(15)18-13-20-11-12-21(18)14-19(22)16-8-3-2-4-9-16/h;2-13H,14H2,1H3/q-1;+1. The van der Waals surface area contributed by atoms with E-state index in [-0.39, 0.29) is 5.78 Å². The van der Waals surface area contributed by atoms with Gasteiger partial charge in [0.05, 0.1) is 18.0 Å². The lowest BCUT2D eigenvalue weighted by Gasteiger charge is -2.44. The maximum absolute atomic E-state index is 15.4. The Kier molecular flexibility index (Phi) is 13.6. The van der Waals surface area contributed by atoms with Crippen molar-refractivity contribution in [1.82, 2.24) is 4.98 Å². The van der Waals surface area contributed by atoms with Crippen molar-refractivity contribution in [3.63, 3.8) is 0 Å². The molecule has 0 aliphatic carbocycles. The van der Waals surface area contributed by atoms with Crippen molar-refractivity contribution >= 4 is 33.8 Å². The van der Waals surface area contributed by atoms with E-state index in [9.17, 15) is 57.5 Å². The first-order chi connectivity index (χ1) is 31.5. The fourth-order valence-electron chi connectivity index (χ4n) is 7.35. The molecular weight excluding hydrogens is 951 g/mol. The van der Waals surface area contributed by atoms with Crippen LogP contribution in [0.1, 0.15) is 15.9 Å². The van der Waals surface area contributed by atoms with Gasteiger partial charge in [-0.1, -0.05) is 48.5 Å². The molecule has 0 fully saturated rings. The van der Waals surface area contributed by atoms with E-state index in [1.807, 2.05) is 53.2 Å². The third-order valence-electron chi connectivity index (χ3n) is 10.4. The van der Waals surface area contributed by atoms with Gasteiger partial charge in [0.15, 0.2) is 76.0 Å². The van der Waals surface area contributed by atoms with Crippen LogP contribution in [0.4, 0.5) is 87.8 Å². The van der Waals surface area contributed by atoms with E-state index in [0.717, 1.165) is 22.4 Å². The average Bonchev–Trinajstić information content (AvgIpc) is 3.32. The molecule has 0 saturated heterocycles. The maximum Gasteiger partial charge on any atom is 0.231 e. The number of carbonyl (C=O) groups excluding carboxylic acids is 1. The first kappa shape index (κ1) is 49.2. The monoisotopic (exact) mass is 968 g/mol. The number of nitrogens with zero attached hydrogens (tertiary/aromatic N) is 2. The number of aryl methyl sites for hydroxylation is 1. The van der Waals surface area contributed by atoms with Crippen LogP contribution in [0.2, 0.25) is 0 Å². The van der Waals surface area contributed by atoms with Crippen molar-refractivity contribution in [3.05, 3.63) is 201 Å². The zero-order chi connectivity index (χ0) is 49.7. The Bertz CT molecular complexity index is 2770. The van der Waals surface area contributed by atoms with Crippen molar-refractivity contribution in [1.29, 1.82) is 0 Å². The summed E-state index contributed by atoms with van der Waals surface area (Å²) < 4.78 is 296. The molecule has 0 N–H and O–H groups in total. The van der Waals surface area contributed by atoms with Gasteiger partial charge < -0.3 is 0 Å². The molecule has 0 aliphatic rings. The highest BCUT2D eigenvalue weighted by Gasteiger charge is 2.52. The first-order valence-corrected chi connectivity index (χ1v) is 18.2. The van der Waals surface area contributed by atoms with Crippen LogP contribution < -0.4 is 26.4 Å². The molecule has 0 radical (unpaired) electrons. The smallest absolute Gasteiger partial charge is 0.231 e. The summed E-state index contributed by atoms with van der Waals surface area (Å²) in [7, 11) is 0. The molecule has 7 rings (SSSR count). The van der Waals surface area contributed by atoms with Crippen LogP contribution in [0.5, 0.6) is 0 Å². The zero-order valence-electron chi connectivity index (χ0n) is 32.6. The molecule has 7 aromatic rings. The van der Waals surface area contributed by atoms with Gasteiger partial charge in [-0.2, -0.15) is 4.57 Å². The summed E-state index contributed by atoms with van der Waals surface area (Å²) in [5, 5.41) is 0. The van der Waals surface area contributed by atoms with Crippen LogP contribution in [0.25, 0.3) is 11.3 Å². The molecule has 3 nitrogen and oxygen atoms in total. The normalized spacial score (nSPS) is 11.5. The van der Waals surface area contributed by atoms with E-state index in [1.54, 1.807) is 12.4 Å². The molecular formula is C43H17BF20N2O. The summed E-state index contributed by atoms with van der Waals surface area (Å²) in [6, 6.07) is 17.5. The van der Waals surface area contributed by atoms with Crippen LogP contribution in [0, 0.1) is 123 Å². The minimum Gasteiger partial charge on any atom is -0.287 e. The number of hydrogen-bond donors (Lipinski definition) is 0. The van der Waals surface area contributed by atoms with Gasteiger partial charge in [0.2, 0.25) is 18.0 Å². The lowest BCUT2D eigenvalue weighted by Crippen LogP contribution is -2.81. The average molecular weight is 968 g/mol. The van der Waals surface area contributed by atoms with E-state index >= 15 is 35.1 Å². The molecule has 348 valence electrons. The van der Waals surface area contributed by atoms with Gasteiger partial charge >= 0.3 is 0 Å². The van der Waals surface area contributed by atoms with E-state index in [2.05, 4.69) is 24.0 Å². The van der Waals surface area contributed by atoms with Crippen LogP contribution in [0.15, 0.2) is 73.2 Å². The predicted octanol–water partition coefficient (Wildman–Crippen LogP) is 9.07. The minimum absolute atomic E-state index is 0.0895. The van der Waals surface area contributed by atoms with Crippen LogP contribution >= 0.6 is 0 Å². The van der Waals surface area contributed by atoms with Gasteiger partial charge in [0.25, 0.3) is 0 Å². The molecule has 1 heterocycles.